The van der Waals surface area contributed by atoms with Gasteiger partial charge in [0, 0.05) is 31.1 Å². The van der Waals surface area contributed by atoms with Crippen molar-refractivity contribution in [1.29, 1.82) is 0 Å². The SMILES string of the molecule is CC1CC2C(CCO[C@H]2[C@H]2O[C@@H](N3CCC4C(N)NCNC43)[C@H](O)[C@@H]2O)CC1Cl. The van der Waals surface area contributed by atoms with E-state index >= 15 is 0 Å². The predicted molar refractivity (Wildman–Crippen MR) is 108 cm³/mol. The number of aliphatic hydroxyl groups is 2. The number of likely N-dealkylation sites (tertiary alicyclic amines) is 1. The highest BCUT2D eigenvalue weighted by Gasteiger charge is 2.56. The highest BCUT2D eigenvalue weighted by Crippen LogP contribution is 2.46. The number of ether oxygens (including phenoxy) is 2. The molecule has 0 aromatic carbocycles. The number of nitrogens with one attached hydrogen (secondary N) is 2. The van der Waals surface area contributed by atoms with Gasteiger partial charge in [-0.2, -0.15) is 0 Å². The summed E-state index contributed by atoms with van der Waals surface area (Å²) in [6, 6.07) is 0. The van der Waals surface area contributed by atoms with Gasteiger partial charge in [-0.15, -0.1) is 11.6 Å². The first-order valence-corrected chi connectivity index (χ1v) is 11.6. The fraction of sp³-hybridized carbons (Fsp3) is 1.00. The Bertz CT molecular complexity index is 603. The number of rotatable bonds is 2. The van der Waals surface area contributed by atoms with E-state index in [0.29, 0.717) is 31.0 Å². The molecule has 8 nitrogen and oxygen atoms in total. The molecule has 5 rings (SSSR count). The minimum absolute atomic E-state index is 0.0450. The lowest BCUT2D eigenvalue weighted by Gasteiger charge is -2.47. The van der Waals surface area contributed by atoms with Gasteiger partial charge in [0.15, 0.2) is 0 Å². The molecule has 1 saturated carbocycles. The Hall–Kier alpha value is -0.0300. The minimum Gasteiger partial charge on any atom is -0.387 e. The van der Waals surface area contributed by atoms with Crippen molar-refractivity contribution in [2.45, 2.75) is 81.0 Å². The van der Waals surface area contributed by atoms with Gasteiger partial charge in [0.2, 0.25) is 0 Å². The summed E-state index contributed by atoms with van der Waals surface area (Å²) in [6.07, 6.45) is 0.708. The molecular weight excluding hydrogens is 396 g/mol. The zero-order valence-corrected chi connectivity index (χ0v) is 17.7. The highest BCUT2D eigenvalue weighted by atomic mass is 35.5. The average molecular weight is 431 g/mol. The third kappa shape index (κ3) is 3.54. The van der Waals surface area contributed by atoms with Crippen molar-refractivity contribution in [2.75, 3.05) is 19.8 Å². The van der Waals surface area contributed by atoms with E-state index in [9.17, 15) is 10.2 Å². The largest absolute Gasteiger partial charge is 0.387 e. The molecule has 5 aliphatic rings. The molecule has 4 saturated heterocycles. The van der Waals surface area contributed by atoms with Crippen LogP contribution < -0.4 is 16.4 Å². The molecule has 4 heterocycles. The van der Waals surface area contributed by atoms with E-state index in [1.807, 2.05) is 0 Å². The molecule has 0 bridgehead atoms. The molecule has 0 radical (unpaired) electrons. The number of hydrogen-bond acceptors (Lipinski definition) is 8. The number of alkyl halides is 1. The monoisotopic (exact) mass is 430 g/mol. The second-order valence-electron chi connectivity index (χ2n) is 9.73. The summed E-state index contributed by atoms with van der Waals surface area (Å²) in [5, 5.41) is 28.7. The summed E-state index contributed by atoms with van der Waals surface area (Å²) in [7, 11) is 0. The van der Waals surface area contributed by atoms with Gasteiger partial charge in [-0.1, -0.05) is 6.92 Å². The zero-order valence-electron chi connectivity index (χ0n) is 17.0. The summed E-state index contributed by atoms with van der Waals surface area (Å²) in [5.41, 5.74) is 6.22. The molecule has 1 aliphatic carbocycles. The number of nitrogens with two attached hydrogens (primary N) is 1. The van der Waals surface area contributed by atoms with Gasteiger partial charge in [-0.05, 0) is 43.4 Å². The van der Waals surface area contributed by atoms with Crippen LogP contribution in [0.1, 0.15) is 32.6 Å². The summed E-state index contributed by atoms with van der Waals surface area (Å²) < 4.78 is 12.5. The van der Waals surface area contributed by atoms with E-state index in [4.69, 9.17) is 26.8 Å². The van der Waals surface area contributed by atoms with Crippen LogP contribution in [0.4, 0.5) is 0 Å². The fourth-order valence-electron chi connectivity index (χ4n) is 6.45. The molecular formula is C20H35ClN4O4. The Labute approximate surface area is 177 Å². The molecule has 0 amide bonds. The van der Waals surface area contributed by atoms with E-state index in [0.717, 1.165) is 32.2 Å². The Balaban J connectivity index is 1.32. The smallest absolute Gasteiger partial charge is 0.141 e. The number of nitrogens with zero attached hydrogens (tertiary/aromatic N) is 1. The average Bonchev–Trinajstić information content (AvgIpc) is 3.25. The van der Waals surface area contributed by atoms with Crippen molar-refractivity contribution in [3.63, 3.8) is 0 Å². The first-order valence-electron chi connectivity index (χ1n) is 11.2. The quantitative estimate of drug-likeness (QED) is 0.375. The molecule has 7 unspecified atom stereocenters. The second-order valence-corrected chi connectivity index (χ2v) is 10.3. The number of aliphatic hydroxyl groups excluding tert-OH is 2. The van der Waals surface area contributed by atoms with Crippen LogP contribution in [-0.4, -0.2) is 83.3 Å². The maximum Gasteiger partial charge on any atom is 0.141 e. The third-order valence-electron chi connectivity index (χ3n) is 8.14. The Kier molecular flexibility index (Phi) is 5.86. The van der Waals surface area contributed by atoms with Crippen LogP contribution in [0.5, 0.6) is 0 Å². The van der Waals surface area contributed by atoms with Crippen molar-refractivity contribution in [3.8, 4) is 0 Å². The van der Waals surface area contributed by atoms with Crippen molar-refractivity contribution >= 4 is 11.6 Å². The van der Waals surface area contributed by atoms with Crippen molar-refractivity contribution < 1.29 is 19.7 Å². The van der Waals surface area contributed by atoms with Gasteiger partial charge in [-0.25, -0.2) is 0 Å². The van der Waals surface area contributed by atoms with Gasteiger partial charge in [0.1, 0.15) is 24.5 Å². The van der Waals surface area contributed by atoms with E-state index < -0.39 is 24.5 Å². The summed E-state index contributed by atoms with van der Waals surface area (Å²) in [6.45, 7) is 4.26. The van der Waals surface area contributed by atoms with Gasteiger partial charge in [-0.3, -0.25) is 15.5 Å². The topological polar surface area (TPSA) is 112 Å². The number of fused-ring (bicyclic) bond motifs is 2. The Morgan fingerprint density at radius 2 is 1.90 bits per heavy atom. The molecule has 9 heteroatoms. The van der Waals surface area contributed by atoms with Crippen LogP contribution >= 0.6 is 11.6 Å². The van der Waals surface area contributed by atoms with Crippen molar-refractivity contribution in [2.24, 2.45) is 29.4 Å². The molecule has 0 aromatic rings. The van der Waals surface area contributed by atoms with E-state index in [2.05, 4.69) is 22.5 Å². The first kappa shape index (κ1) is 20.8. The maximum absolute atomic E-state index is 10.9. The Morgan fingerprint density at radius 3 is 2.72 bits per heavy atom. The van der Waals surface area contributed by atoms with Gasteiger partial charge in [0.05, 0.1) is 18.4 Å². The molecule has 6 N–H and O–H groups in total. The molecule has 5 fully saturated rings. The lowest BCUT2D eigenvalue weighted by molar-refractivity contribution is -0.177. The van der Waals surface area contributed by atoms with Gasteiger partial charge in [0.25, 0.3) is 0 Å². The standard InChI is InChI=1S/C20H35ClN4O4/c1-9-6-12-10(7-13(9)21)3-5-28-16(12)17-14(26)15(27)20(29-17)25-4-2-11-18(22)23-8-24-19(11)25/h9-20,23-24,26-27H,2-8,22H2,1H3/t9?,10?,11?,12?,13?,14-,15+,16+,17-,18?,19?,20+/m0/s1. The summed E-state index contributed by atoms with van der Waals surface area (Å²) in [5.74, 6) is 1.49. The zero-order chi connectivity index (χ0) is 20.3. The fourth-order valence-corrected chi connectivity index (χ4v) is 6.78. The summed E-state index contributed by atoms with van der Waals surface area (Å²) in [4.78, 5) is 2.14. The second kappa shape index (κ2) is 8.15. The van der Waals surface area contributed by atoms with Gasteiger partial charge >= 0.3 is 0 Å². The molecule has 4 aliphatic heterocycles. The molecule has 29 heavy (non-hydrogen) atoms. The maximum atomic E-state index is 10.9. The van der Waals surface area contributed by atoms with Crippen LogP contribution in [-0.2, 0) is 9.47 Å². The first-order chi connectivity index (χ1) is 14.0. The van der Waals surface area contributed by atoms with Crippen molar-refractivity contribution in [1.82, 2.24) is 15.5 Å². The van der Waals surface area contributed by atoms with E-state index in [1.54, 1.807) is 0 Å². The van der Waals surface area contributed by atoms with Crippen LogP contribution in [0.3, 0.4) is 0 Å². The molecule has 12 atom stereocenters. The number of halogens is 1. The predicted octanol–water partition coefficient (Wildman–Crippen LogP) is -0.425. The van der Waals surface area contributed by atoms with Crippen LogP contribution in [0.2, 0.25) is 0 Å². The Morgan fingerprint density at radius 1 is 1.07 bits per heavy atom. The lowest BCUT2D eigenvalue weighted by Crippen LogP contribution is -2.64. The minimum atomic E-state index is -0.961. The van der Waals surface area contributed by atoms with Crippen molar-refractivity contribution in [3.05, 3.63) is 0 Å². The molecule has 166 valence electrons. The van der Waals surface area contributed by atoms with E-state index in [-0.39, 0.29) is 29.7 Å². The molecule has 0 aromatic heterocycles. The summed E-state index contributed by atoms with van der Waals surface area (Å²) >= 11 is 6.54. The van der Waals surface area contributed by atoms with Crippen LogP contribution in [0.25, 0.3) is 0 Å². The van der Waals surface area contributed by atoms with Crippen LogP contribution in [0, 0.1) is 23.7 Å². The lowest BCUT2D eigenvalue weighted by atomic mass is 9.68. The van der Waals surface area contributed by atoms with Crippen LogP contribution in [0.15, 0.2) is 0 Å². The number of hydrogen-bond donors (Lipinski definition) is 5. The van der Waals surface area contributed by atoms with Gasteiger partial charge < -0.3 is 25.4 Å². The molecule has 0 spiro atoms. The van der Waals surface area contributed by atoms with E-state index in [1.165, 1.54) is 0 Å². The normalized spacial score (nSPS) is 56.2. The highest BCUT2D eigenvalue weighted by molar-refractivity contribution is 6.20. The third-order valence-corrected chi connectivity index (χ3v) is 8.74.